The van der Waals surface area contributed by atoms with Crippen molar-refractivity contribution in [1.82, 2.24) is 4.98 Å². The summed E-state index contributed by atoms with van der Waals surface area (Å²) >= 11 is 0. The molecule has 2 aromatic carbocycles. The molecule has 3 aromatic rings. The minimum atomic E-state index is -0.316. The van der Waals surface area contributed by atoms with Crippen molar-refractivity contribution in [2.75, 3.05) is 35.4 Å². The Labute approximate surface area is 175 Å². The predicted octanol–water partition coefficient (Wildman–Crippen LogP) is 4.91. The fourth-order valence-corrected chi connectivity index (χ4v) is 4.01. The number of aromatic nitrogens is 1. The molecule has 0 bridgehead atoms. The van der Waals surface area contributed by atoms with Crippen LogP contribution in [0.5, 0.6) is 11.5 Å². The number of nitrogens with zero attached hydrogens (tertiary/aromatic N) is 2. The Balaban J connectivity index is 1.32. The van der Waals surface area contributed by atoms with Gasteiger partial charge in [-0.2, -0.15) is 0 Å². The average Bonchev–Trinajstić information content (AvgIpc) is 3.22. The molecule has 3 heterocycles. The van der Waals surface area contributed by atoms with E-state index in [0.29, 0.717) is 17.2 Å². The van der Waals surface area contributed by atoms with Gasteiger partial charge in [0.2, 0.25) is 6.79 Å². The Kier molecular flexibility index (Phi) is 4.78. The van der Waals surface area contributed by atoms with Gasteiger partial charge in [-0.05, 0) is 68.1 Å². The molecule has 0 saturated carbocycles. The summed E-state index contributed by atoms with van der Waals surface area (Å²) in [5.41, 5.74) is 3.45. The third kappa shape index (κ3) is 3.70. The largest absolute Gasteiger partial charge is 0.454 e. The van der Waals surface area contributed by atoms with Gasteiger partial charge in [0, 0.05) is 35.9 Å². The van der Waals surface area contributed by atoms with Crippen LogP contribution in [0.2, 0.25) is 0 Å². The molecular weight excluding hydrogens is 380 g/mol. The van der Waals surface area contributed by atoms with Gasteiger partial charge in [0.05, 0.1) is 5.52 Å². The average molecular weight is 404 g/mol. The van der Waals surface area contributed by atoms with Gasteiger partial charge in [-0.1, -0.05) is 0 Å². The van der Waals surface area contributed by atoms with E-state index in [1.165, 1.54) is 19.3 Å². The molecule has 2 aliphatic heterocycles. The van der Waals surface area contributed by atoms with Crippen LogP contribution >= 0.6 is 0 Å². The Morgan fingerprint density at radius 2 is 1.67 bits per heavy atom. The molecule has 30 heavy (non-hydrogen) atoms. The van der Waals surface area contributed by atoms with Crippen molar-refractivity contribution in [3.05, 3.63) is 48.0 Å². The number of fused-ring (bicyclic) bond motifs is 2. The lowest BCUT2D eigenvalue weighted by Gasteiger charge is -2.28. The van der Waals surface area contributed by atoms with Gasteiger partial charge in [-0.3, -0.25) is 0 Å². The number of carbonyl (C=O) groups is 1. The van der Waals surface area contributed by atoms with Gasteiger partial charge < -0.3 is 25.0 Å². The number of ether oxygens (including phenoxy) is 2. The number of benzene rings is 2. The van der Waals surface area contributed by atoms with Crippen molar-refractivity contribution in [2.24, 2.45) is 0 Å². The van der Waals surface area contributed by atoms with E-state index >= 15 is 0 Å². The van der Waals surface area contributed by atoms with Crippen molar-refractivity contribution in [3.63, 3.8) is 0 Å². The second kappa shape index (κ2) is 7.74. The fourth-order valence-electron chi connectivity index (χ4n) is 4.01. The summed E-state index contributed by atoms with van der Waals surface area (Å²) in [6, 6.07) is 13.0. The molecule has 1 saturated heterocycles. The van der Waals surface area contributed by atoms with Gasteiger partial charge in [-0.15, -0.1) is 0 Å². The van der Waals surface area contributed by atoms with Crippen LogP contribution in [0.3, 0.4) is 0 Å². The Bertz CT molecular complexity index is 1110. The molecule has 154 valence electrons. The summed E-state index contributed by atoms with van der Waals surface area (Å²) in [6.45, 7) is 4.43. The number of anilines is 3. The fraction of sp³-hybridized carbons (Fsp3) is 0.304. The van der Waals surface area contributed by atoms with Crippen molar-refractivity contribution in [1.29, 1.82) is 0 Å². The van der Waals surface area contributed by atoms with E-state index in [4.69, 9.17) is 14.5 Å². The molecule has 1 aromatic heterocycles. The van der Waals surface area contributed by atoms with Crippen LogP contribution in [-0.2, 0) is 0 Å². The summed E-state index contributed by atoms with van der Waals surface area (Å²) in [5.74, 6) is 2.35. The highest BCUT2D eigenvalue weighted by Gasteiger charge is 2.16. The number of amides is 2. The Morgan fingerprint density at radius 1 is 0.933 bits per heavy atom. The van der Waals surface area contributed by atoms with Crippen LogP contribution in [0.4, 0.5) is 22.0 Å². The van der Waals surface area contributed by atoms with Gasteiger partial charge >= 0.3 is 6.03 Å². The Hall–Kier alpha value is -3.48. The minimum Gasteiger partial charge on any atom is -0.454 e. The van der Waals surface area contributed by atoms with Crippen LogP contribution in [-0.4, -0.2) is 30.9 Å². The molecule has 0 spiro atoms. The number of urea groups is 1. The summed E-state index contributed by atoms with van der Waals surface area (Å²) in [5, 5.41) is 6.76. The summed E-state index contributed by atoms with van der Waals surface area (Å²) in [6.07, 6.45) is 3.74. The van der Waals surface area contributed by atoms with Crippen LogP contribution < -0.4 is 25.0 Å². The molecule has 2 aliphatic rings. The lowest BCUT2D eigenvalue weighted by atomic mass is 10.1. The smallest absolute Gasteiger partial charge is 0.323 e. The molecule has 2 amide bonds. The molecule has 0 atom stereocenters. The number of aryl methyl sites for hydroxylation is 1. The van der Waals surface area contributed by atoms with E-state index in [9.17, 15) is 4.79 Å². The van der Waals surface area contributed by atoms with Gasteiger partial charge in [0.15, 0.2) is 11.5 Å². The standard InChI is InChI=1S/C23H24N4O3/c1-15-11-22(27-9-3-2-4-10-27)26-19-7-5-16(12-18(15)19)24-23(28)25-17-6-8-20-21(13-17)30-14-29-20/h5-8,11-13H,2-4,9-10,14H2,1H3,(H2,24,25,28). The minimum absolute atomic E-state index is 0.203. The second-order valence-electron chi connectivity index (χ2n) is 7.72. The molecular formula is C23H24N4O3. The predicted molar refractivity (Wildman–Crippen MR) is 118 cm³/mol. The zero-order chi connectivity index (χ0) is 20.5. The maximum absolute atomic E-state index is 12.4. The van der Waals surface area contributed by atoms with E-state index in [0.717, 1.165) is 41.1 Å². The normalized spacial score (nSPS) is 15.3. The van der Waals surface area contributed by atoms with Crippen molar-refractivity contribution in [2.45, 2.75) is 26.2 Å². The van der Waals surface area contributed by atoms with Crippen LogP contribution in [0.15, 0.2) is 42.5 Å². The van der Waals surface area contributed by atoms with E-state index in [1.807, 2.05) is 18.2 Å². The van der Waals surface area contributed by atoms with Crippen molar-refractivity contribution >= 4 is 34.1 Å². The van der Waals surface area contributed by atoms with Gasteiger partial charge in [-0.25, -0.2) is 9.78 Å². The number of rotatable bonds is 3. The topological polar surface area (TPSA) is 75.7 Å². The summed E-state index contributed by atoms with van der Waals surface area (Å²) < 4.78 is 10.6. The first-order chi connectivity index (χ1) is 14.7. The number of piperidine rings is 1. The highest BCUT2D eigenvalue weighted by molar-refractivity contribution is 6.01. The number of nitrogens with one attached hydrogen (secondary N) is 2. The number of hydrogen-bond acceptors (Lipinski definition) is 5. The van der Waals surface area contributed by atoms with Crippen LogP contribution in [0.1, 0.15) is 24.8 Å². The molecule has 0 radical (unpaired) electrons. The lowest BCUT2D eigenvalue weighted by molar-refractivity contribution is 0.174. The van der Waals surface area contributed by atoms with Gasteiger partial charge in [0.1, 0.15) is 5.82 Å². The first kappa shape index (κ1) is 18.5. The molecule has 0 aliphatic carbocycles. The summed E-state index contributed by atoms with van der Waals surface area (Å²) in [7, 11) is 0. The maximum Gasteiger partial charge on any atom is 0.323 e. The van der Waals surface area contributed by atoms with E-state index < -0.39 is 0 Å². The first-order valence-corrected chi connectivity index (χ1v) is 10.3. The third-order valence-corrected chi connectivity index (χ3v) is 5.57. The lowest BCUT2D eigenvalue weighted by Crippen LogP contribution is -2.30. The Morgan fingerprint density at radius 3 is 2.50 bits per heavy atom. The van der Waals surface area contributed by atoms with E-state index in [2.05, 4.69) is 28.5 Å². The monoisotopic (exact) mass is 404 g/mol. The zero-order valence-electron chi connectivity index (χ0n) is 16.9. The molecule has 0 unspecified atom stereocenters. The SMILES string of the molecule is Cc1cc(N2CCCCC2)nc2ccc(NC(=O)Nc3ccc4c(c3)OCO4)cc12. The third-order valence-electron chi connectivity index (χ3n) is 5.57. The van der Waals surface area contributed by atoms with Crippen LogP contribution in [0, 0.1) is 6.92 Å². The second-order valence-corrected chi connectivity index (χ2v) is 7.72. The van der Waals surface area contributed by atoms with Crippen molar-refractivity contribution < 1.29 is 14.3 Å². The van der Waals surface area contributed by atoms with Crippen LogP contribution in [0.25, 0.3) is 10.9 Å². The van der Waals surface area contributed by atoms with E-state index in [1.54, 1.807) is 18.2 Å². The summed E-state index contributed by atoms with van der Waals surface area (Å²) in [4.78, 5) is 19.7. The number of carbonyl (C=O) groups excluding carboxylic acids is 1. The zero-order valence-corrected chi connectivity index (χ0v) is 16.9. The number of pyridine rings is 1. The highest BCUT2D eigenvalue weighted by atomic mass is 16.7. The molecule has 5 rings (SSSR count). The number of hydrogen-bond donors (Lipinski definition) is 2. The molecule has 7 heteroatoms. The first-order valence-electron chi connectivity index (χ1n) is 10.3. The molecule has 7 nitrogen and oxygen atoms in total. The molecule has 1 fully saturated rings. The maximum atomic E-state index is 12.4. The van der Waals surface area contributed by atoms with E-state index in [-0.39, 0.29) is 12.8 Å². The van der Waals surface area contributed by atoms with Crippen molar-refractivity contribution in [3.8, 4) is 11.5 Å². The highest BCUT2D eigenvalue weighted by Crippen LogP contribution is 2.34. The quantitative estimate of drug-likeness (QED) is 0.649. The van der Waals surface area contributed by atoms with Gasteiger partial charge in [0.25, 0.3) is 0 Å². The molecule has 2 N–H and O–H groups in total.